The maximum Gasteiger partial charge on any atom is 0.306 e. The highest BCUT2D eigenvalue weighted by Crippen LogP contribution is 2.11. The Morgan fingerprint density at radius 3 is 2.83 bits per heavy atom. The summed E-state index contributed by atoms with van der Waals surface area (Å²) in [6.45, 7) is 0.624. The van der Waals surface area contributed by atoms with Crippen LogP contribution in [0.3, 0.4) is 0 Å². The Bertz CT molecular complexity index is 696. The van der Waals surface area contributed by atoms with Gasteiger partial charge in [0, 0.05) is 17.6 Å². The number of hydrogen-bond donors (Lipinski definition) is 1. The van der Waals surface area contributed by atoms with Crippen molar-refractivity contribution in [1.29, 1.82) is 5.26 Å². The van der Waals surface area contributed by atoms with E-state index in [2.05, 4.69) is 10.3 Å². The van der Waals surface area contributed by atoms with Crippen LogP contribution in [0.1, 0.15) is 17.5 Å². The number of nitrogens with one attached hydrogen (secondary N) is 1. The average Bonchev–Trinajstić information content (AvgIpc) is 2.58. The van der Waals surface area contributed by atoms with Crippen LogP contribution < -0.4 is 5.32 Å². The van der Waals surface area contributed by atoms with E-state index in [0.717, 1.165) is 5.56 Å². The Morgan fingerprint density at radius 2 is 2.09 bits per heavy atom. The first-order valence-electron chi connectivity index (χ1n) is 7.18. The van der Waals surface area contributed by atoms with Crippen molar-refractivity contribution in [3.63, 3.8) is 0 Å². The summed E-state index contributed by atoms with van der Waals surface area (Å²) in [5.74, 6) is 0.232. The summed E-state index contributed by atoms with van der Waals surface area (Å²) in [4.78, 5) is 15.7. The van der Waals surface area contributed by atoms with Gasteiger partial charge < -0.3 is 10.1 Å². The molecule has 0 atom stereocenters. The van der Waals surface area contributed by atoms with E-state index < -0.39 is 0 Å². The molecule has 0 spiro atoms. The van der Waals surface area contributed by atoms with Crippen molar-refractivity contribution in [2.45, 2.75) is 12.8 Å². The van der Waals surface area contributed by atoms with E-state index in [0.29, 0.717) is 35.8 Å². The maximum atomic E-state index is 11.7. The lowest BCUT2D eigenvalue weighted by atomic mass is 10.1. The van der Waals surface area contributed by atoms with Crippen molar-refractivity contribution >= 4 is 23.4 Å². The molecule has 1 N–H and O–H groups in total. The van der Waals surface area contributed by atoms with Gasteiger partial charge in [0.05, 0.1) is 12.1 Å². The molecule has 0 amide bonds. The second-order valence-electron chi connectivity index (χ2n) is 4.79. The number of aryl methyl sites for hydroxylation is 1. The van der Waals surface area contributed by atoms with Gasteiger partial charge in [-0.05, 0) is 36.2 Å². The molecule has 2 rings (SSSR count). The smallest absolute Gasteiger partial charge is 0.306 e. The predicted molar refractivity (Wildman–Crippen MR) is 88.2 cm³/mol. The standard InChI is InChI=1S/C17H16ClN3O2/c18-15-6-3-13(4-7-15)5-8-16(22)23-11-10-21-17-14(12-19)2-1-9-20-17/h1-4,6-7,9H,5,8,10-11H2,(H,20,21). The summed E-state index contributed by atoms with van der Waals surface area (Å²) < 4.78 is 5.14. The van der Waals surface area contributed by atoms with Gasteiger partial charge in [0.25, 0.3) is 0 Å². The minimum Gasteiger partial charge on any atom is -0.464 e. The molecule has 5 nitrogen and oxygen atoms in total. The summed E-state index contributed by atoms with van der Waals surface area (Å²) in [5, 5.41) is 12.6. The van der Waals surface area contributed by atoms with E-state index in [1.807, 2.05) is 18.2 Å². The normalized spacial score (nSPS) is 9.91. The number of aromatic nitrogens is 1. The molecule has 0 radical (unpaired) electrons. The van der Waals surface area contributed by atoms with Crippen molar-refractivity contribution in [3.05, 3.63) is 58.7 Å². The minimum absolute atomic E-state index is 0.223. The zero-order valence-corrected chi connectivity index (χ0v) is 13.2. The molecule has 0 unspecified atom stereocenters. The minimum atomic E-state index is -0.261. The third-order valence-electron chi connectivity index (χ3n) is 3.12. The second-order valence-corrected chi connectivity index (χ2v) is 5.22. The van der Waals surface area contributed by atoms with E-state index in [1.165, 1.54) is 0 Å². The predicted octanol–water partition coefficient (Wildman–Crippen LogP) is 3.19. The molecule has 0 bridgehead atoms. The second kappa shape index (κ2) is 8.76. The van der Waals surface area contributed by atoms with E-state index >= 15 is 0 Å². The largest absolute Gasteiger partial charge is 0.464 e. The number of benzene rings is 1. The molecule has 1 heterocycles. The number of carbonyl (C=O) groups is 1. The van der Waals surface area contributed by atoms with E-state index in [9.17, 15) is 4.79 Å². The van der Waals surface area contributed by atoms with Crippen molar-refractivity contribution in [2.24, 2.45) is 0 Å². The molecule has 0 aliphatic heterocycles. The molecule has 118 valence electrons. The third-order valence-corrected chi connectivity index (χ3v) is 3.37. The zero-order chi connectivity index (χ0) is 16.5. The fourth-order valence-electron chi connectivity index (χ4n) is 1.94. The molecular weight excluding hydrogens is 314 g/mol. The first kappa shape index (κ1) is 16.8. The van der Waals surface area contributed by atoms with Crippen LogP contribution in [0.4, 0.5) is 5.82 Å². The van der Waals surface area contributed by atoms with Gasteiger partial charge in [-0.1, -0.05) is 23.7 Å². The fourth-order valence-corrected chi connectivity index (χ4v) is 2.07. The summed E-state index contributed by atoms with van der Waals surface area (Å²) in [7, 11) is 0. The van der Waals surface area contributed by atoms with Gasteiger partial charge in [0.2, 0.25) is 0 Å². The van der Waals surface area contributed by atoms with Crippen molar-refractivity contribution in [3.8, 4) is 6.07 Å². The Hall–Kier alpha value is -2.58. The van der Waals surface area contributed by atoms with Crippen LogP contribution in [-0.2, 0) is 16.0 Å². The van der Waals surface area contributed by atoms with Gasteiger partial charge in [-0.25, -0.2) is 4.98 Å². The number of pyridine rings is 1. The van der Waals surface area contributed by atoms with Crippen LogP contribution in [0, 0.1) is 11.3 Å². The van der Waals surface area contributed by atoms with Crippen molar-refractivity contribution < 1.29 is 9.53 Å². The summed E-state index contributed by atoms with van der Waals surface area (Å²) in [6, 6.07) is 12.8. The number of hydrogen-bond acceptors (Lipinski definition) is 5. The third kappa shape index (κ3) is 5.61. The quantitative estimate of drug-likeness (QED) is 0.623. The van der Waals surface area contributed by atoms with Gasteiger partial charge >= 0.3 is 5.97 Å². The van der Waals surface area contributed by atoms with Crippen LogP contribution in [0.15, 0.2) is 42.6 Å². The Balaban J connectivity index is 1.67. The first-order valence-corrected chi connectivity index (χ1v) is 7.56. The van der Waals surface area contributed by atoms with Gasteiger partial charge in [0.15, 0.2) is 0 Å². The summed E-state index contributed by atoms with van der Waals surface area (Å²) in [6.07, 6.45) is 2.53. The molecule has 0 aliphatic carbocycles. The van der Waals surface area contributed by atoms with Crippen molar-refractivity contribution in [1.82, 2.24) is 4.98 Å². The lowest BCUT2D eigenvalue weighted by Gasteiger charge is -2.08. The lowest BCUT2D eigenvalue weighted by Crippen LogP contribution is -2.15. The van der Waals surface area contributed by atoms with Gasteiger partial charge in [-0.2, -0.15) is 5.26 Å². The maximum absolute atomic E-state index is 11.7. The average molecular weight is 330 g/mol. The van der Waals surface area contributed by atoms with Gasteiger partial charge in [-0.3, -0.25) is 4.79 Å². The number of nitrogens with zero attached hydrogens (tertiary/aromatic N) is 2. The number of anilines is 1. The van der Waals surface area contributed by atoms with Crippen LogP contribution in [0.5, 0.6) is 0 Å². The van der Waals surface area contributed by atoms with Crippen LogP contribution >= 0.6 is 11.6 Å². The van der Waals surface area contributed by atoms with Crippen LogP contribution in [0.25, 0.3) is 0 Å². The highest BCUT2D eigenvalue weighted by atomic mass is 35.5. The van der Waals surface area contributed by atoms with E-state index in [-0.39, 0.29) is 12.6 Å². The molecule has 0 fully saturated rings. The Kier molecular flexibility index (Phi) is 6.40. The Morgan fingerprint density at radius 1 is 1.30 bits per heavy atom. The number of carbonyl (C=O) groups excluding carboxylic acids is 1. The number of halogens is 1. The van der Waals surface area contributed by atoms with Crippen LogP contribution in [0.2, 0.25) is 5.02 Å². The number of rotatable bonds is 7. The van der Waals surface area contributed by atoms with Crippen molar-refractivity contribution in [2.75, 3.05) is 18.5 Å². The molecular formula is C17H16ClN3O2. The molecule has 6 heteroatoms. The highest BCUT2D eigenvalue weighted by molar-refractivity contribution is 6.30. The fraction of sp³-hybridized carbons (Fsp3) is 0.235. The topological polar surface area (TPSA) is 75.0 Å². The molecule has 1 aromatic carbocycles. The number of ether oxygens (including phenoxy) is 1. The van der Waals surface area contributed by atoms with E-state index in [4.69, 9.17) is 21.6 Å². The number of nitriles is 1. The molecule has 0 saturated carbocycles. The van der Waals surface area contributed by atoms with Gasteiger partial charge in [0.1, 0.15) is 18.5 Å². The first-order chi connectivity index (χ1) is 11.2. The molecule has 1 aromatic heterocycles. The molecule has 2 aromatic rings. The van der Waals surface area contributed by atoms with Gasteiger partial charge in [-0.15, -0.1) is 0 Å². The number of esters is 1. The monoisotopic (exact) mass is 329 g/mol. The molecule has 23 heavy (non-hydrogen) atoms. The summed E-state index contributed by atoms with van der Waals surface area (Å²) >= 11 is 5.81. The SMILES string of the molecule is N#Cc1cccnc1NCCOC(=O)CCc1ccc(Cl)cc1. The molecule has 0 aliphatic rings. The highest BCUT2D eigenvalue weighted by Gasteiger charge is 2.05. The Labute approximate surface area is 139 Å². The lowest BCUT2D eigenvalue weighted by molar-refractivity contribution is -0.143. The van der Waals surface area contributed by atoms with E-state index in [1.54, 1.807) is 30.5 Å². The molecule has 0 saturated heterocycles. The van der Waals surface area contributed by atoms with Crippen LogP contribution in [-0.4, -0.2) is 24.1 Å². The zero-order valence-electron chi connectivity index (χ0n) is 12.5. The summed E-state index contributed by atoms with van der Waals surface area (Å²) in [5.41, 5.74) is 1.50.